The van der Waals surface area contributed by atoms with Crippen molar-refractivity contribution >= 4 is 6.09 Å². The Bertz CT molecular complexity index is 449. The highest BCUT2D eigenvalue weighted by molar-refractivity contribution is 5.66. The lowest BCUT2D eigenvalue weighted by atomic mass is 9.95. The quantitative estimate of drug-likeness (QED) is 0.899. The molecule has 0 saturated carbocycles. The topological polar surface area (TPSA) is 56.8 Å². The molecule has 1 N–H and O–H groups in total. The fourth-order valence-electron chi connectivity index (χ4n) is 2.37. The van der Waals surface area contributed by atoms with E-state index in [0.29, 0.717) is 19.6 Å². The minimum Gasteiger partial charge on any atom is -0.450 e. The molecule has 0 saturated heterocycles. The molecule has 110 valence electrons. The number of alkyl carbamates (subject to hydrolysis) is 1. The van der Waals surface area contributed by atoms with Gasteiger partial charge in [-0.1, -0.05) is 24.3 Å². The Labute approximate surface area is 119 Å². The van der Waals surface area contributed by atoms with Crippen molar-refractivity contribution in [1.82, 2.24) is 5.32 Å². The molecule has 1 heterocycles. The van der Waals surface area contributed by atoms with Crippen molar-refractivity contribution in [3.05, 3.63) is 35.4 Å². The Morgan fingerprint density at radius 2 is 2.25 bits per heavy atom. The van der Waals surface area contributed by atoms with Crippen LogP contribution in [-0.4, -0.2) is 32.6 Å². The third kappa shape index (κ3) is 3.71. The molecule has 1 aromatic rings. The van der Waals surface area contributed by atoms with Gasteiger partial charge in [0.05, 0.1) is 12.7 Å². The Kier molecular flexibility index (Phi) is 5.38. The molecule has 0 aromatic heterocycles. The average molecular weight is 279 g/mol. The maximum Gasteiger partial charge on any atom is 0.407 e. The van der Waals surface area contributed by atoms with Crippen LogP contribution in [0.2, 0.25) is 0 Å². The summed E-state index contributed by atoms with van der Waals surface area (Å²) >= 11 is 0. The van der Waals surface area contributed by atoms with E-state index in [4.69, 9.17) is 14.2 Å². The van der Waals surface area contributed by atoms with Crippen LogP contribution in [0, 0.1) is 0 Å². The zero-order valence-electron chi connectivity index (χ0n) is 11.9. The summed E-state index contributed by atoms with van der Waals surface area (Å²) in [5, 5.41) is 2.71. The van der Waals surface area contributed by atoms with Gasteiger partial charge in [-0.05, 0) is 24.5 Å². The van der Waals surface area contributed by atoms with Crippen LogP contribution in [-0.2, 0) is 20.6 Å². The van der Waals surface area contributed by atoms with Crippen LogP contribution in [0.25, 0.3) is 0 Å². The summed E-state index contributed by atoms with van der Waals surface area (Å²) in [5.74, 6) is 0. The molecule has 2 unspecified atom stereocenters. The SMILES string of the molecule is CCOC(=O)NCCC1OC(OC)Cc2ccccc21. The minimum absolute atomic E-state index is 0.0631. The molecule has 0 fully saturated rings. The number of benzene rings is 1. The van der Waals surface area contributed by atoms with Gasteiger partial charge < -0.3 is 19.5 Å². The van der Waals surface area contributed by atoms with E-state index in [1.165, 1.54) is 11.1 Å². The van der Waals surface area contributed by atoms with Gasteiger partial charge in [0.1, 0.15) is 0 Å². The third-order valence-corrected chi connectivity index (χ3v) is 3.32. The Morgan fingerprint density at radius 1 is 1.45 bits per heavy atom. The second kappa shape index (κ2) is 7.26. The van der Waals surface area contributed by atoms with Gasteiger partial charge in [-0.25, -0.2) is 4.79 Å². The second-order valence-electron chi connectivity index (χ2n) is 4.63. The maximum atomic E-state index is 11.3. The van der Waals surface area contributed by atoms with E-state index in [1.807, 2.05) is 12.1 Å². The summed E-state index contributed by atoms with van der Waals surface area (Å²) in [6, 6.07) is 8.18. The van der Waals surface area contributed by atoms with Crippen molar-refractivity contribution in [1.29, 1.82) is 0 Å². The highest BCUT2D eigenvalue weighted by Crippen LogP contribution is 2.32. The first-order valence-electron chi connectivity index (χ1n) is 6.91. The lowest BCUT2D eigenvalue weighted by molar-refractivity contribution is -0.166. The zero-order valence-corrected chi connectivity index (χ0v) is 11.9. The first-order chi connectivity index (χ1) is 9.74. The number of methoxy groups -OCH3 is 1. The monoisotopic (exact) mass is 279 g/mol. The summed E-state index contributed by atoms with van der Waals surface area (Å²) in [6.07, 6.45) is 0.772. The molecule has 0 aliphatic carbocycles. The molecule has 1 aliphatic heterocycles. The number of fused-ring (bicyclic) bond motifs is 1. The lowest BCUT2D eigenvalue weighted by Crippen LogP contribution is -2.31. The first kappa shape index (κ1) is 14.8. The van der Waals surface area contributed by atoms with Gasteiger partial charge in [-0.2, -0.15) is 0 Å². The number of carbonyl (C=O) groups is 1. The predicted molar refractivity (Wildman–Crippen MR) is 74.4 cm³/mol. The normalized spacial score (nSPS) is 21.1. The van der Waals surface area contributed by atoms with Crippen LogP contribution in [0.1, 0.15) is 30.6 Å². The van der Waals surface area contributed by atoms with Gasteiger partial charge >= 0.3 is 6.09 Å². The van der Waals surface area contributed by atoms with Crippen molar-refractivity contribution in [3.8, 4) is 0 Å². The van der Waals surface area contributed by atoms with Gasteiger partial charge in [0, 0.05) is 20.1 Å². The first-order valence-corrected chi connectivity index (χ1v) is 6.91. The van der Waals surface area contributed by atoms with Crippen molar-refractivity contribution in [3.63, 3.8) is 0 Å². The second-order valence-corrected chi connectivity index (χ2v) is 4.63. The van der Waals surface area contributed by atoms with Crippen LogP contribution < -0.4 is 5.32 Å². The molecule has 5 nitrogen and oxygen atoms in total. The van der Waals surface area contributed by atoms with Crippen LogP contribution in [0.4, 0.5) is 4.79 Å². The predicted octanol–water partition coefficient (Wildman–Crippen LogP) is 2.41. The Hall–Kier alpha value is -1.59. The molecule has 20 heavy (non-hydrogen) atoms. The molecule has 5 heteroatoms. The fourth-order valence-corrected chi connectivity index (χ4v) is 2.37. The van der Waals surface area contributed by atoms with Crippen molar-refractivity contribution in [2.75, 3.05) is 20.3 Å². The minimum atomic E-state index is -0.389. The molecule has 0 radical (unpaired) electrons. The average Bonchev–Trinajstić information content (AvgIpc) is 2.47. The molecular weight excluding hydrogens is 258 g/mol. The molecule has 0 bridgehead atoms. The van der Waals surface area contributed by atoms with E-state index in [-0.39, 0.29) is 18.5 Å². The van der Waals surface area contributed by atoms with E-state index >= 15 is 0 Å². The number of carbonyl (C=O) groups excluding carboxylic acids is 1. The molecule has 1 aliphatic rings. The van der Waals surface area contributed by atoms with Gasteiger partial charge in [-0.15, -0.1) is 0 Å². The number of ether oxygens (including phenoxy) is 3. The number of amides is 1. The van der Waals surface area contributed by atoms with E-state index in [2.05, 4.69) is 17.4 Å². The summed E-state index contributed by atoms with van der Waals surface area (Å²) in [4.78, 5) is 11.3. The fraction of sp³-hybridized carbons (Fsp3) is 0.533. The van der Waals surface area contributed by atoms with Gasteiger partial charge in [0.25, 0.3) is 0 Å². The van der Waals surface area contributed by atoms with Crippen LogP contribution >= 0.6 is 0 Å². The molecule has 2 atom stereocenters. The van der Waals surface area contributed by atoms with Crippen LogP contribution in [0.3, 0.4) is 0 Å². The van der Waals surface area contributed by atoms with Crippen molar-refractivity contribution in [2.45, 2.75) is 32.2 Å². The number of nitrogens with one attached hydrogen (secondary N) is 1. The van der Waals surface area contributed by atoms with Gasteiger partial charge in [-0.3, -0.25) is 0 Å². The zero-order chi connectivity index (χ0) is 14.4. The van der Waals surface area contributed by atoms with Crippen molar-refractivity contribution < 1.29 is 19.0 Å². The highest BCUT2D eigenvalue weighted by Gasteiger charge is 2.26. The summed E-state index contributed by atoms with van der Waals surface area (Å²) < 4.78 is 16.0. The molecule has 1 aromatic carbocycles. The standard InChI is InChI=1S/C15H21NO4/c1-3-19-15(17)16-9-8-13-12-7-5-4-6-11(12)10-14(18-2)20-13/h4-7,13-14H,3,8-10H2,1-2H3,(H,16,17). The summed E-state index contributed by atoms with van der Waals surface area (Å²) in [7, 11) is 1.65. The number of hydrogen-bond donors (Lipinski definition) is 1. The summed E-state index contributed by atoms with van der Waals surface area (Å²) in [5.41, 5.74) is 2.41. The molecule has 1 amide bonds. The largest absolute Gasteiger partial charge is 0.450 e. The highest BCUT2D eigenvalue weighted by atomic mass is 16.7. The van der Waals surface area contributed by atoms with E-state index in [1.54, 1.807) is 14.0 Å². The van der Waals surface area contributed by atoms with Crippen LogP contribution in [0.15, 0.2) is 24.3 Å². The molecular formula is C15H21NO4. The maximum absolute atomic E-state index is 11.3. The van der Waals surface area contributed by atoms with E-state index in [0.717, 1.165) is 6.42 Å². The van der Waals surface area contributed by atoms with Crippen molar-refractivity contribution in [2.24, 2.45) is 0 Å². The lowest BCUT2D eigenvalue weighted by Gasteiger charge is -2.31. The summed E-state index contributed by atoms with van der Waals surface area (Å²) in [6.45, 7) is 2.66. The Morgan fingerprint density at radius 3 is 3.00 bits per heavy atom. The van der Waals surface area contributed by atoms with Gasteiger partial charge in [0.15, 0.2) is 6.29 Å². The van der Waals surface area contributed by atoms with E-state index < -0.39 is 0 Å². The number of hydrogen-bond acceptors (Lipinski definition) is 4. The third-order valence-electron chi connectivity index (χ3n) is 3.32. The van der Waals surface area contributed by atoms with E-state index in [9.17, 15) is 4.79 Å². The Balaban J connectivity index is 1.95. The molecule has 0 spiro atoms. The van der Waals surface area contributed by atoms with Gasteiger partial charge in [0.2, 0.25) is 0 Å². The van der Waals surface area contributed by atoms with Crippen LogP contribution in [0.5, 0.6) is 0 Å². The molecule has 2 rings (SSSR count). The number of rotatable bonds is 5. The smallest absolute Gasteiger partial charge is 0.407 e.